The first-order valence-electron chi connectivity index (χ1n) is 13.5. The molecule has 0 spiro atoms. The first-order valence-corrected chi connectivity index (χ1v) is 13.5. The van der Waals surface area contributed by atoms with Crippen LogP contribution in [0.25, 0.3) is 0 Å². The van der Waals surface area contributed by atoms with Crippen molar-refractivity contribution in [2.45, 2.75) is 76.3 Å². The second-order valence-corrected chi connectivity index (χ2v) is 9.54. The van der Waals surface area contributed by atoms with Gasteiger partial charge in [-0.05, 0) is 24.0 Å². The van der Waals surface area contributed by atoms with Crippen molar-refractivity contribution in [2.75, 3.05) is 13.2 Å². The molecule has 38 heavy (non-hydrogen) atoms. The van der Waals surface area contributed by atoms with Crippen molar-refractivity contribution in [2.24, 2.45) is 0 Å². The Bertz CT molecular complexity index is 944. The highest BCUT2D eigenvalue weighted by molar-refractivity contribution is 5.82. The van der Waals surface area contributed by atoms with E-state index in [0.29, 0.717) is 12.8 Å². The Morgan fingerprint density at radius 2 is 1.00 bits per heavy atom. The van der Waals surface area contributed by atoms with E-state index in [9.17, 15) is 19.2 Å². The lowest BCUT2D eigenvalue weighted by Crippen LogP contribution is -2.53. The molecule has 204 valence electrons. The Morgan fingerprint density at radius 1 is 0.605 bits per heavy atom. The van der Waals surface area contributed by atoms with E-state index in [0.717, 1.165) is 36.8 Å². The molecular formula is C30H38N2O6. The van der Waals surface area contributed by atoms with Crippen molar-refractivity contribution in [3.8, 4) is 0 Å². The number of carbonyl (C=O) groups excluding carboxylic acids is 4. The van der Waals surface area contributed by atoms with Gasteiger partial charge in [0.25, 0.3) is 0 Å². The van der Waals surface area contributed by atoms with Gasteiger partial charge in [-0.3, -0.25) is 19.2 Å². The smallest absolute Gasteiger partial charge is 0.306 e. The van der Waals surface area contributed by atoms with Crippen LogP contribution in [-0.2, 0) is 41.5 Å². The number of nitrogens with one attached hydrogen (secondary N) is 2. The lowest BCUT2D eigenvalue weighted by Gasteiger charge is -2.32. The number of carbonyl (C=O) groups is 4. The molecule has 2 aromatic carbocycles. The molecule has 2 aromatic rings. The summed E-state index contributed by atoms with van der Waals surface area (Å²) in [7, 11) is 0. The minimum Gasteiger partial charge on any atom is -0.465 e. The van der Waals surface area contributed by atoms with Gasteiger partial charge in [0.1, 0.15) is 0 Å². The third kappa shape index (κ3) is 11.2. The molecule has 0 saturated heterocycles. The molecule has 3 rings (SSSR count). The van der Waals surface area contributed by atoms with Crippen molar-refractivity contribution < 1.29 is 28.7 Å². The van der Waals surface area contributed by atoms with Crippen LogP contribution in [0.3, 0.4) is 0 Å². The number of rotatable bonds is 14. The molecule has 0 aromatic heterocycles. The molecule has 2 atom stereocenters. The zero-order valence-corrected chi connectivity index (χ0v) is 21.9. The highest BCUT2D eigenvalue weighted by Crippen LogP contribution is 2.19. The topological polar surface area (TPSA) is 111 Å². The maximum absolute atomic E-state index is 12.5. The molecule has 8 nitrogen and oxygen atoms in total. The summed E-state index contributed by atoms with van der Waals surface area (Å²) in [6, 6.07) is 19.1. The normalized spacial score (nSPS) is 16.7. The van der Waals surface area contributed by atoms with E-state index >= 15 is 0 Å². The molecule has 2 N–H and O–H groups in total. The summed E-state index contributed by atoms with van der Waals surface area (Å²) in [5.74, 6) is -1.28. The van der Waals surface area contributed by atoms with Crippen molar-refractivity contribution in [1.29, 1.82) is 0 Å². The molecule has 8 heteroatoms. The summed E-state index contributed by atoms with van der Waals surface area (Å²) in [5.41, 5.74) is 2.17. The molecule has 1 fully saturated rings. The Labute approximate surface area is 224 Å². The summed E-state index contributed by atoms with van der Waals surface area (Å²) in [5, 5.41) is 5.93. The zero-order chi connectivity index (χ0) is 27.0. The number of esters is 2. The van der Waals surface area contributed by atoms with E-state index in [4.69, 9.17) is 9.47 Å². The Hall–Kier alpha value is -3.68. The van der Waals surface area contributed by atoms with E-state index in [1.165, 1.54) is 0 Å². The van der Waals surface area contributed by atoms with Gasteiger partial charge in [-0.15, -0.1) is 0 Å². The minimum atomic E-state index is -0.403. The van der Waals surface area contributed by atoms with E-state index < -0.39 is 11.9 Å². The largest absolute Gasteiger partial charge is 0.465 e. The van der Waals surface area contributed by atoms with Crippen LogP contribution in [0.5, 0.6) is 0 Å². The first-order chi connectivity index (χ1) is 18.5. The highest BCUT2D eigenvalue weighted by atomic mass is 16.5. The van der Waals surface area contributed by atoms with E-state index in [-0.39, 0.29) is 62.8 Å². The average molecular weight is 523 g/mol. The van der Waals surface area contributed by atoms with Crippen molar-refractivity contribution >= 4 is 23.8 Å². The fourth-order valence-electron chi connectivity index (χ4n) is 4.46. The second-order valence-electron chi connectivity index (χ2n) is 9.54. The number of hydrogen-bond donors (Lipinski definition) is 2. The van der Waals surface area contributed by atoms with Crippen LogP contribution in [0.15, 0.2) is 60.7 Å². The van der Waals surface area contributed by atoms with Gasteiger partial charge in [0.15, 0.2) is 0 Å². The fourth-order valence-corrected chi connectivity index (χ4v) is 4.46. The van der Waals surface area contributed by atoms with Crippen molar-refractivity contribution in [3.05, 3.63) is 71.8 Å². The number of benzene rings is 2. The number of ether oxygens (including phenoxy) is 2. The standard InChI is InChI=1S/C30H38N2O6/c33-27(15-17-29(35)37-21-19-23-9-3-1-4-10-23)31-25-13-7-8-14-26(25)32-28(34)16-18-30(36)38-22-20-24-11-5-2-6-12-24/h1-6,9-12,25-26H,7-8,13-22H2,(H,31,33)(H,32,34). The Kier molecular flexibility index (Phi) is 12.3. The van der Waals surface area contributed by atoms with Crippen LogP contribution in [0, 0.1) is 0 Å². The predicted octanol–water partition coefficient (Wildman–Crippen LogP) is 3.66. The molecule has 1 aliphatic rings. The van der Waals surface area contributed by atoms with E-state index in [1.54, 1.807) is 0 Å². The van der Waals surface area contributed by atoms with Crippen LogP contribution < -0.4 is 10.6 Å². The third-order valence-corrected chi connectivity index (χ3v) is 6.56. The van der Waals surface area contributed by atoms with Gasteiger partial charge in [0.05, 0.1) is 26.1 Å². The van der Waals surface area contributed by atoms with Gasteiger partial charge in [-0.25, -0.2) is 0 Å². The molecule has 2 unspecified atom stereocenters. The molecule has 0 aliphatic heterocycles. The third-order valence-electron chi connectivity index (χ3n) is 6.56. The monoisotopic (exact) mass is 522 g/mol. The van der Waals surface area contributed by atoms with Crippen LogP contribution >= 0.6 is 0 Å². The van der Waals surface area contributed by atoms with Crippen LogP contribution in [-0.4, -0.2) is 49.1 Å². The highest BCUT2D eigenvalue weighted by Gasteiger charge is 2.28. The predicted molar refractivity (Wildman–Crippen MR) is 143 cm³/mol. The van der Waals surface area contributed by atoms with Gasteiger partial charge < -0.3 is 20.1 Å². The van der Waals surface area contributed by atoms with Gasteiger partial charge >= 0.3 is 11.9 Å². The van der Waals surface area contributed by atoms with Crippen LogP contribution in [0.2, 0.25) is 0 Å². The first kappa shape index (κ1) is 28.9. The SMILES string of the molecule is O=C(CCC(=O)OCCc1ccccc1)NC1CCCCC1NC(=O)CCC(=O)OCCc1ccccc1. The van der Waals surface area contributed by atoms with Crippen LogP contribution in [0.1, 0.15) is 62.5 Å². The van der Waals surface area contributed by atoms with Gasteiger partial charge in [-0.1, -0.05) is 73.5 Å². The Morgan fingerprint density at radius 3 is 1.39 bits per heavy atom. The summed E-state index contributed by atoms with van der Waals surface area (Å²) in [6.07, 6.45) is 4.76. The van der Waals surface area contributed by atoms with Crippen LogP contribution in [0.4, 0.5) is 0 Å². The summed E-state index contributed by atoms with van der Waals surface area (Å²) >= 11 is 0. The van der Waals surface area contributed by atoms with Crippen molar-refractivity contribution in [3.63, 3.8) is 0 Å². The lowest BCUT2D eigenvalue weighted by atomic mass is 9.90. The fraction of sp³-hybridized carbons (Fsp3) is 0.467. The maximum atomic E-state index is 12.5. The van der Waals surface area contributed by atoms with Gasteiger partial charge in [0.2, 0.25) is 11.8 Å². The molecule has 0 heterocycles. The average Bonchev–Trinajstić information content (AvgIpc) is 2.93. The van der Waals surface area contributed by atoms with Gasteiger partial charge in [-0.2, -0.15) is 0 Å². The summed E-state index contributed by atoms with van der Waals surface area (Å²) in [6.45, 7) is 0.559. The molecule has 0 bridgehead atoms. The quantitative estimate of drug-likeness (QED) is 0.367. The minimum absolute atomic E-state index is 0.0107. The van der Waals surface area contributed by atoms with E-state index in [2.05, 4.69) is 10.6 Å². The second kappa shape index (κ2) is 16.2. The zero-order valence-electron chi connectivity index (χ0n) is 21.9. The summed E-state index contributed by atoms with van der Waals surface area (Å²) in [4.78, 5) is 49.0. The number of amides is 2. The molecular weight excluding hydrogens is 484 g/mol. The summed E-state index contributed by atoms with van der Waals surface area (Å²) < 4.78 is 10.5. The molecule has 1 saturated carbocycles. The Balaban J connectivity index is 1.30. The molecule has 1 aliphatic carbocycles. The lowest BCUT2D eigenvalue weighted by molar-refractivity contribution is -0.145. The number of hydrogen-bond acceptors (Lipinski definition) is 6. The molecule has 0 radical (unpaired) electrons. The van der Waals surface area contributed by atoms with Crippen molar-refractivity contribution in [1.82, 2.24) is 10.6 Å². The van der Waals surface area contributed by atoms with E-state index in [1.807, 2.05) is 60.7 Å². The van der Waals surface area contributed by atoms with Gasteiger partial charge in [0, 0.05) is 37.8 Å². The maximum Gasteiger partial charge on any atom is 0.306 e. The molecule has 2 amide bonds.